The molecule has 0 saturated carbocycles. The van der Waals surface area contributed by atoms with Crippen LogP contribution < -0.4 is 0 Å². The van der Waals surface area contributed by atoms with Gasteiger partial charge in [0.05, 0.1) is 0 Å². The minimum atomic E-state index is 0. The zero-order chi connectivity index (χ0) is 4.99. The van der Waals surface area contributed by atoms with E-state index in [0.717, 1.165) is 0 Å². The Morgan fingerprint density at radius 2 is 1.57 bits per heavy atom. The number of hydrogen-bond acceptors (Lipinski definition) is 1. The van der Waals surface area contributed by atoms with Crippen LogP contribution in [0.15, 0.2) is 0 Å². The summed E-state index contributed by atoms with van der Waals surface area (Å²) in [6, 6.07) is 0. The van der Waals surface area contributed by atoms with Crippen molar-refractivity contribution in [3.8, 4) is 0 Å². The Kier molecular flexibility index (Phi) is 8.99. The molecule has 0 aliphatic heterocycles. The summed E-state index contributed by atoms with van der Waals surface area (Å²) >= 11 is 0. The van der Waals surface area contributed by atoms with Crippen LogP contribution >= 0.6 is 0 Å². The number of hydrogen-bond donors (Lipinski definition) is 0. The molecule has 0 unspecified atom stereocenters. The van der Waals surface area contributed by atoms with E-state index in [1.54, 1.807) is 0 Å². The van der Waals surface area contributed by atoms with Gasteiger partial charge < -0.3 is 0 Å². The molecule has 0 aromatic rings. The number of rotatable bonds is 2. The Morgan fingerprint density at radius 1 is 1.29 bits per heavy atom. The average Bonchev–Trinajstić information content (AvgIpc) is 1.65. The fraction of sp³-hybridized carbons (Fsp3) is 0.800. The van der Waals surface area contributed by atoms with E-state index in [9.17, 15) is 4.79 Å². The van der Waals surface area contributed by atoms with Gasteiger partial charge in [0, 0.05) is 29.3 Å². The predicted molar refractivity (Wildman–Crippen MR) is 25.6 cm³/mol. The van der Waals surface area contributed by atoms with Crippen LogP contribution in [0.3, 0.4) is 0 Å². The fourth-order valence-corrected chi connectivity index (χ4v) is 0.250. The molecule has 0 aliphatic carbocycles. The van der Waals surface area contributed by atoms with Gasteiger partial charge in [-0.25, -0.2) is 0 Å². The van der Waals surface area contributed by atoms with E-state index in [1.165, 1.54) is 0 Å². The summed E-state index contributed by atoms with van der Waals surface area (Å²) in [4.78, 5) is 10.2. The fourth-order valence-electron chi connectivity index (χ4n) is 0.250. The van der Waals surface area contributed by atoms with E-state index < -0.39 is 0 Å². The maximum atomic E-state index is 10.2. The van der Waals surface area contributed by atoms with Crippen LogP contribution in [0.1, 0.15) is 26.7 Å². The Labute approximate surface area is 54.4 Å². The second-order valence-electron chi connectivity index (χ2n) is 1.25. The summed E-state index contributed by atoms with van der Waals surface area (Å²) in [5.74, 6) is 0.343. The molecule has 46 valence electrons. The summed E-state index contributed by atoms with van der Waals surface area (Å²) in [5.41, 5.74) is 0. The molecular weight excluding hydrogens is 135 g/mol. The second-order valence-corrected chi connectivity index (χ2v) is 1.25. The molecule has 0 rings (SSSR count). The average molecular weight is 145 g/mol. The summed E-state index contributed by atoms with van der Waals surface area (Å²) < 4.78 is 0. The third-order valence-corrected chi connectivity index (χ3v) is 0.789. The molecule has 0 radical (unpaired) electrons. The van der Waals surface area contributed by atoms with Crippen molar-refractivity contribution >= 4 is 5.78 Å². The van der Waals surface area contributed by atoms with Crippen LogP contribution in [0.4, 0.5) is 0 Å². The van der Waals surface area contributed by atoms with Crippen molar-refractivity contribution in [1.29, 1.82) is 0 Å². The van der Waals surface area contributed by atoms with Crippen LogP contribution in [0.5, 0.6) is 0 Å². The molecule has 0 atom stereocenters. The van der Waals surface area contributed by atoms with Crippen LogP contribution in [0.25, 0.3) is 0 Å². The maximum absolute atomic E-state index is 10.2. The van der Waals surface area contributed by atoms with E-state index in [-0.39, 0.29) is 16.5 Å². The molecule has 0 heterocycles. The monoisotopic (exact) mass is 144 g/mol. The second kappa shape index (κ2) is 6.16. The third-order valence-electron chi connectivity index (χ3n) is 0.789. The zero-order valence-corrected chi connectivity index (χ0v) is 5.63. The summed E-state index contributed by atoms with van der Waals surface area (Å²) in [5, 5.41) is 0. The smallest absolute Gasteiger partial charge is 0.132 e. The van der Waals surface area contributed by atoms with Gasteiger partial charge in [-0.2, -0.15) is 0 Å². The molecule has 0 amide bonds. The number of carbonyl (C=O) groups is 1. The summed E-state index contributed by atoms with van der Waals surface area (Å²) in [6.45, 7) is 3.76. The molecule has 2 heteroatoms. The molecule has 0 fully saturated rings. The zero-order valence-electron chi connectivity index (χ0n) is 4.64. The minimum absolute atomic E-state index is 0. The van der Waals surface area contributed by atoms with Crippen LogP contribution in [0.2, 0.25) is 0 Å². The van der Waals surface area contributed by atoms with Gasteiger partial charge in [-0.1, -0.05) is 13.8 Å². The van der Waals surface area contributed by atoms with Crippen molar-refractivity contribution in [2.75, 3.05) is 0 Å². The van der Waals surface area contributed by atoms with E-state index >= 15 is 0 Å². The third kappa shape index (κ3) is 6.16. The Hall–Kier alpha value is 0.164. The first-order valence-corrected chi connectivity index (χ1v) is 2.33. The van der Waals surface area contributed by atoms with Gasteiger partial charge in [-0.15, -0.1) is 0 Å². The van der Waals surface area contributed by atoms with Gasteiger partial charge in [-0.3, -0.25) is 4.79 Å². The van der Waals surface area contributed by atoms with E-state index in [2.05, 4.69) is 0 Å². The van der Waals surface area contributed by atoms with E-state index in [0.29, 0.717) is 18.6 Å². The molecule has 0 aliphatic rings. The van der Waals surface area contributed by atoms with Crippen molar-refractivity contribution in [3.05, 3.63) is 0 Å². The van der Waals surface area contributed by atoms with Crippen LogP contribution in [0, 0.1) is 0 Å². The van der Waals surface area contributed by atoms with Crippen LogP contribution in [-0.2, 0) is 21.3 Å². The Morgan fingerprint density at radius 3 is 1.57 bits per heavy atom. The van der Waals surface area contributed by atoms with Gasteiger partial charge in [0.25, 0.3) is 0 Å². The molecule has 0 N–H and O–H groups in total. The Bertz CT molecular complexity index is 46.0. The number of Topliss-reactive ketones (excluding diaryl/α,β-unsaturated/α-hetero) is 1. The predicted octanol–water partition coefficient (Wildman–Crippen LogP) is 1.37. The van der Waals surface area contributed by atoms with Crippen molar-refractivity contribution in [2.45, 2.75) is 26.7 Å². The summed E-state index contributed by atoms with van der Waals surface area (Å²) in [7, 11) is 0. The molecule has 1 nitrogen and oxygen atoms in total. The van der Waals surface area contributed by atoms with Crippen molar-refractivity contribution < 1.29 is 21.3 Å². The van der Waals surface area contributed by atoms with Crippen molar-refractivity contribution in [3.63, 3.8) is 0 Å². The molecular formula is C5H10NiO. The first-order chi connectivity index (χ1) is 2.81. The van der Waals surface area contributed by atoms with Crippen molar-refractivity contribution in [2.24, 2.45) is 0 Å². The summed E-state index contributed by atoms with van der Waals surface area (Å²) in [6.07, 6.45) is 1.38. The number of ketones is 1. The first kappa shape index (κ1) is 10.2. The SMILES string of the molecule is CCC(=O)CC.[Ni]. The maximum Gasteiger partial charge on any atom is 0.132 e. The molecule has 0 aromatic heterocycles. The largest absolute Gasteiger partial charge is 0.300 e. The van der Waals surface area contributed by atoms with Gasteiger partial charge in [-0.05, 0) is 0 Å². The molecule has 7 heavy (non-hydrogen) atoms. The van der Waals surface area contributed by atoms with Gasteiger partial charge >= 0.3 is 0 Å². The van der Waals surface area contributed by atoms with Crippen molar-refractivity contribution in [1.82, 2.24) is 0 Å². The quantitative estimate of drug-likeness (QED) is 0.536. The Balaban J connectivity index is 0. The van der Waals surface area contributed by atoms with Gasteiger partial charge in [0.15, 0.2) is 0 Å². The minimum Gasteiger partial charge on any atom is -0.300 e. The first-order valence-electron chi connectivity index (χ1n) is 2.33. The van der Waals surface area contributed by atoms with E-state index in [4.69, 9.17) is 0 Å². The van der Waals surface area contributed by atoms with E-state index in [1.807, 2.05) is 13.8 Å². The normalized spacial score (nSPS) is 7.14. The molecule has 0 saturated heterocycles. The molecule has 0 spiro atoms. The number of carbonyl (C=O) groups excluding carboxylic acids is 1. The standard InChI is InChI=1S/C5H10O.Ni/c1-3-5(6)4-2;/h3-4H2,1-2H3;. The molecule has 0 aromatic carbocycles. The van der Waals surface area contributed by atoms with Crippen LogP contribution in [-0.4, -0.2) is 5.78 Å². The molecule has 0 bridgehead atoms. The topological polar surface area (TPSA) is 17.1 Å². The van der Waals surface area contributed by atoms with Gasteiger partial charge in [0.2, 0.25) is 0 Å². The van der Waals surface area contributed by atoms with Gasteiger partial charge in [0.1, 0.15) is 5.78 Å².